The van der Waals surface area contributed by atoms with E-state index in [-0.39, 0.29) is 22.4 Å². The molecule has 2 heterocycles. The molecule has 8 nitrogen and oxygen atoms in total. The van der Waals surface area contributed by atoms with Crippen LogP contribution in [0.5, 0.6) is 0 Å². The quantitative estimate of drug-likeness (QED) is 0.598. The Morgan fingerprint density at radius 2 is 2.26 bits per heavy atom. The molecule has 0 radical (unpaired) electrons. The van der Waals surface area contributed by atoms with E-state index in [0.29, 0.717) is 12.1 Å². The topological polar surface area (TPSA) is 118 Å². The van der Waals surface area contributed by atoms with Crippen LogP contribution in [0.4, 0.5) is 5.69 Å². The zero-order chi connectivity index (χ0) is 19.6. The maximum atomic E-state index is 11.6. The van der Waals surface area contributed by atoms with Crippen LogP contribution < -0.4 is 5.73 Å². The third-order valence-electron chi connectivity index (χ3n) is 5.17. The number of likely N-dealkylation sites (tertiary alicyclic amines) is 1. The number of hydrogen-bond acceptors (Lipinski definition) is 5. The molecule has 2 aromatic rings. The molecule has 1 fully saturated rings. The van der Waals surface area contributed by atoms with E-state index in [1.54, 1.807) is 6.07 Å². The first-order valence-electron chi connectivity index (χ1n) is 9.19. The average Bonchev–Trinajstić information content (AvgIpc) is 3.12. The molecule has 144 valence electrons. The molecule has 1 aromatic heterocycles. The fourth-order valence-corrected chi connectivity index (χ4v) is 3.83. The van der Waals surface area contributed by atoms with Crippen LogP contribution in [0.15, 0.2) is 24.4 Å². The van der Waals surface area contributed by atoms with Crippen molar-refractivity contribution in [1.29, 1.82) is 0 Å². The minimum Gasteiger partial charge on any atom is -0.365 e. The SMILES string of the molecule is CC(C)c1ccc(CN2CCCC(c3[nH]ncc3C(N)=O)C2)cc1[N+](=O)[O-]. The third-order valence-corrected chi connectivity index (χ3v) is 5.17. The summed E-state index contributed by atoms with van der Waals surface area (Å²) in [5, 5.41) is 18.3. The largest absolute Gasteiger partial charge is 0.365 e. The lowest BCUT2D eigenvalue weighted by Gasteiger charge is -2.32. The van der Waals surface area contributed by atoms with Gasteiger partial charge in [0, 0.05) is 30.6 Å². The minimum absolute atomic E-state index is 0.103. The molecule has 1 saturated heterocycles. The molecule has 1 unspecified atom stereocenters. The predicted molar refractivity (Wildman–Crippen MR) is 102 cm³/mol. The van der Waals surface area contributed by atoms with E-state index in [2.05, 4.69) is 15.1 Å². The van der Waals surface area contributed by atoms with Gasteiger partial charge < -0.3 is 5.73 Å². The summed E-state index contributed by atoms with van der Waals surface area (Å²) >= 11 is 0. The van der Waals surface area contributed by atoms with Gasteiger partial charge in [-0.1, -0.05) is 26.0 Å². The number of primary amides is 1. The fraction of sp³-hybridized carbons (Fsp3) is 0.474. The first-order chi connectivity index (χ1) is 12.9. The number of H-pyrrole nitrogens is 1. The summed E-state index contributed by atoms with van der Waals surface area (Å²) in [6.45, 7) is 6.21. The molecule has 3 rings (SSSR count). The van der Waals surface area contributed by atoms with E-state index < -0.39 is 5.91 Å². The summed E-state index contributed by atoms with van der Waals surface area (Å²) in [7, 11) is 0. The highest BCUT2D eigenvalue weighted by atomic mass is 16.6. The second-order valence-corrected chi connectivity index (χ2v) is 7.44. The monoisotopic (exact) mass is 371 g/mol. The highest BCUT2D eigenvalue weighted by molar-refractivity contribution is 5.93. The molecule has 1 atom stereocenters. The van der Waals surface area contributed by atoms with Crippen molar-refractivity contribution in [3.05, 3.63) is 56.9 Å². The van der Waals surface area contributed by atoms with Crippen LogP contribution in [0.2, 0.25) is 0 Å². The van der Waals surface area contributed by atoms with Gasteiger partial charge in [0.25, 0.3) is 11.6 Å². The molecule has 0 saturated carbocycles. The lowest BCUT2D eigenvalue weighted by Crippen LogP contribution is -2.34. The Morgan fingerprint density at radius 3 is 2.93 bits per heavy atom. The van der Waals surface area contributed by atoms with Crippen molar-refractivity contribution in [2.24, 2.45) is 5.73 Å². The molecule has 8 heteroatoms. The maximum Gasteiger partial charge on any atom is 0.273 e. The highest BCUT2D eigenvalue weighted by Gasteiger charge is 2.26. The lowest BCUT2D eigenvalue weighted by molar-refractivity contribution is -0.385. The Kier molecular flexibility index (Phi) is 5.55. The number of aromatic nitrogens is 2. The standard InChI is InChI=1S/C19H25N5O3/c1-12(2)15-6-5-13(8-17(15)24(26)27)10-23-7-3-4-14(11-23)18-16(19(20)25)9-21-22-18/h5-6,8-9,12,14H,3-4,7,10-11H2,1-2H3,(H2,20,25)(H,21,22). The molecule has 0 bridgehead atoms. The zero-order valence-corrected chi connectivity index (χ0v) is 15.6. The summed E-state index contributed by atoms with van der Waals surface area (Å²) in [5.74, 6) is -0.226. The molecule has 1 aliphatic rings. The molecule has 3 N–H and O–H groups in total. The summed E-state index contributed by atoms with van der Waals surface area (Å²) < 4.78 is 0. The second kappa shape index (κ2) is 7.87. The summed E-state index contributed by atoms with van der Waals surface area (Å²) in [6.07, 6.45) is 3.41. The summed E-state index contributed by atoms with van der Waals surface area (Å²) in [4.78, 5) is 24.9. The Balaban J connectivity index is 1.76. The van der Waals surface area contributed by atoms with E-state index >= 15 is 0 Å². The van der Waals surface area contributed by atoms with Gasteiger partial charge in [0.1, 0.15) is 0 Å². The van der Waals surface area contributed by atoms with E-state index in [0.717, 1.165) is 42.8 Å². The molecule has 0 spiro atoms. The van der Waals surface area contributed by atoms with Crippen LogP contribution in [0.1, 0.15) is 65.7 Å². The average molecular weight is 371 g/mol. The van der Waals surface area contributed by atoms with Crippen LogP contribution in [0.25, 0.3) is 0 Å². The summed E-state index contributed by atoms with van der Waals surface area (Å²) in [5.41, 5.74) is 8.52. The molecular weight excluding hydrogens is 346 g/mol. The number of carbonyl (C=O) groups is 1. The van der Waals surface area contributed by atoms with Gasteiger partial charge in [0.2, 0.25) is 0 Å². The van der Waals surface area contributed by atoms with Crippen LogP contribution in [0.3, 0.4) is 0 Å². The first kappa shape index (κ1) is 19.0. The maximum absolute atomic E-state index is 11.6. The Labute approximate surface area is 157 Å². The normalized spacial score (nSPS) is 18.0. The van der Waals surface area contributed by atoms with E-state index in [1.807, 2.05) is 26.0 Å². The van der Waals surface area contributed by atoms with Gasteiger partial charge in [-0.3, -0.25) is 24.9 Å². The smallest absolute Gasteiger partial charge is 0.273 e. The molecule has 1 aliphatic heterocycles. The number of nitrogens with zero attached hydrogens (tertiary/aromatic N) is 3. The Morgan fingerprint density at radius 1 is 1.48 bits per heavy atom. The number of benzene rings is 1. The molecule has 1 amide bonds. The van der Waals surface area contributed by atoms with Crippen LogP contribution >= 0.6 is 0 Å². The van der Waals surface area contributed by atoms with Crippen molar-refractivity contribution < 1.29 is 9.72 Å². The van der Waals surface area contributed by atoms with E-state index in [9.17, 15) is 14.9 Å². The number of piperidine rings is 1. The minimum atomic E-state index is -0.476. The second-order valence-electron chi connectivity index (χ2n) is 7.44. The van der Waals surface area contributed by atoms with Crippen molar-refractivity contribution in [3.8, 4) is 0 Å². The van der Waals surface area contributed by atoms with Crippen molar-refractivity contribution in [3.63, 3.8) is 0 Å². The van der Waals surface area contributed by atoms with Gasteiger partial charge in [-0.25, -0.2) is 0 Å². The number of nitrogens with one attached hydrogen (secondary N) is 1. The van der Waals surface area contributed by atoms with Crippen LogP contribution in [-0.4, -0.2) is 39.0 Å². The first-order valence-corrected chi connectivity index (χ1v) is 9.19. The zero-order valence-electron chi connectivity index (χ0n) is 15.6. The molecule has 27 heavy (non-hydrogen) atoms. The Hall–Kier alpha value is -2.74. The van der Waals surface area contributed by atoms with Crippen LogP contribution in [-0.2, 0) is 6.54 Å². The van der Waals surface area contributed by atoms with Crippen molar-refractivity contribution >= 4 is 11.6 Å². The molecular formula is C19H25N5O3. The van der Waals surface area contributed by atoms with Gasteiger partial charge in [-0.15, -0.1) is 0 Å². The number of amides is 1. The fourth-order valence-electron chi connectivity index (χ4n) is 3.83. The number of nitro benzene ring substituents is 1. The van der Waals surface area contributed by atoms with Crippen LogP contribution in [0, 0.1) is 10.1 Å². The lowest BCUT2D eigenvalue weighted by atomic mass is 9.92. The van der Waals surface area contributed by atoms with Gasteiger partial charge in [0.05, 0.1) is 22.4 Å². The van der Waals surface area contributed by atoms with Gasteiger partial charge in [-0.2, -0.15) is 5.10 Å². The molecule has 1 aromatic carbocycles. The molecule has 0 aliphatic carbocycles. The van der Waals surface area contributed by atoms with Gasteiger partial charge in [0.15, 0.2) is 0 Å². The number of rotatable bonds is 6. The third kappa shape index (κ3) is 4.16. The predicted octanol–water partition coefficient (Wildman–Crippen LogP) is 2.92. The number of nitro groups is 1. The summed E-state index contributed by atoms with van der Waals surface area (Å²) in [6, 6.07) is 5.51. The van der Waals surface area contributed by atoms with Gasteiger partial charge in [-0.05, 0) is 30.9 Å². The number of aromatic amines is 1. The van der Waals surface area contributed by atoms with Crippen molar-refractivity contribution in [1.82, 2.24) is 15.1 Å². The number of carbonyl (C=O) groups excluding carboxylic acids is 1. The van der Waals surface area contributed by atoms with Gasteiger partial charge >= 0.3 is 0 Å². The number of nitrogens with two attached hydrogens (primary N) is 1. The van der Waals surface area contributed by atoms with Crippen molar-refractivity contribution in [2.75, 3.05) is 13.1 Å². The van der Waals surface area contributed by atoms with E-state index in [4.69, 9.17) is 5.73 Å². The highest BCUT2D eigenvalue weighted by Crippen LogP contribution is 2.31. The van der Waals surface area contributed by atoms with E-state index in [1.165, 1.54) is 6.20 Å². The number of hydrogen-bond donors (Lipinski definition) is 2. The Bertz CT molecular complexity index is 846. The van der Waals surface area contributed by atoms with Crippen molar-refractivity contribution in [2.45, 2.75) is 45.1 Å².